The Hall–Kier alpha value is -2.28. The first kappa shape index (κ1) is 16.8. The van der Waals surface area contributed by atoms with Gasteiger partial charge in [0, 0.05) is 19.2 Å². The van der Waals surface area contributed by atoms with E-state index in [0.717, 1.165) is 0 Å². The van der Waals surface area contributed by atoms with Gasteiger partial charge < -0.3 is 25.2 Å². The van der Waals surface area contributed by atoms with Gasteiger partial charge in [0.15, 0.2) is 0 Å². The number of nitrogens with one attached hydrogen (secondary N) is 2. The second-order valence-corrected chi connectivity index (χ2v) is 4.32. The summed E-state index contributed by atoms with van der Waals surface area (Å²) in [5.41, 5.74) is 0.159. The molecule has 0 radical (unpaired) electrons. The number of methoxy groups -OCH3 is 1. The first-order valence-corrected chi connectivity index (χ1v) is 6.55. The van der Waals surface area contributed by atoms with Crippen molar-refractivity contribution in [2.24, 2.45) is 0 Å². The number of urea groups is 1. The van der Waals surface area contributed by atoms with Crippen LogP contribution in [0.1, 0.15) is 24.2 Å². The minimum Gasteiger partial charge on any atom is -0.497 e. The van der Waals surface area contributed by atoms with Gasteiger partial charge in [0.05, 0.1) is 24.5 Å². The largest absolute Gasteiger partial charge is 0.497 e. The van der Waals surface area contributed by atoms with Gasteiger partial charge in [0.1, 0.15) is 5.75 Å². The number of carbonyl (C=O) groups is 2. The highest BCUT2D eigenvalue weighted by atomic mass is 16.5. The second kappa shape index (κ2) is 8.11. The Morgan fingerprint density at radius 3 is 2.67 bits per heavy atom. The summed E-state index contributed by atoms with van der Waals surface area (Å²) in [5.74, 6) is -0.673. The zero-order valence-electron chi connectivity index (χ0n) is 12.3. The number of anilines is 1. The summed E-state index contributed by atoms with van der Waals surface area (Å²) in [6.45, 7) is 4.58. The van der Waals surface area contributed by atoms with E-state index in [4.69, 9.17) is 14.6 Å². The van der Waals surface area contributed by atoms with Crippen LogP contribution in [0.3, 0.4) is 0 Å². The number of benzene rings is 1. The number of carboxylic acids is 1. The number of rotatable bonds is 7. The van der Waals surface area contributed by atoms with Crippen LogP contribution in [-0.4, -0.2) is 43.5 Å². The lowest BCUT2D eigenvalue weighted by atomic mass is 10.1. The molecule has 1 aromatic rings. The lowest BCUT2D eigenvalue weighted by molar-refractivity contribution is 0.0697. The van der Waals surface area contributed by atoms with Crippen LogP contribution in [0.5, 0.6) is 5.75 Å². The predicted molar refractivity (Wildman–Crippen MR) is 78.1 cm³/mol. The topological polar surface area (TPSA) is 96.9 Å². The Balaban J connectivity index is 2.72. The second-order valence-electron chi connectivity index (χ2n) is 4.32. The molecule has 1 aromatic carbocycles. The van der Waals surface area contributed by atoms with Gasteiger partial charge in [-0.05, 0) is 26.0 Å². The maximum absolute atomic E-state index is 11.8. The number of ether oxygens (including phenoxy) is 2. The predicted octanol–water partition coefficient (Wildman–Crippen LogP) is 1.94. The highest BCUT2D eigenvalue weighted by molar-refractivity contribution is 6.00. The molecule has 21 heavy (non-hydrogen) atoms. The first-order valence-electron chi connectivity index (χ1n) is 6.55. The van der Waals surface area contributed by atoms with Crippen molar-refractivity contribution in [1.29, 1.82) is 0 Å². The molecule has 0 heterocycles. The van der Waals surface area contributed by atoms with Gasteiger partial charge in [-0.25, -0.2) is 9.59 Å². The van der Waals surface area contributed by atoms with E-state index >= 15 is 0 Å². The summed E-state index contributed by atoms with van der Waals surface area (Å²) >= 11 is 0. The third-order valence-corrected chi connectivity index (χ3v) is 2.71. The molecule has 7 heteroatoms. The van der Waals surface area contributed by atoms with Crippen molar-refractivity contribution in [2.75, 3.05) is 25.6 Å². The van der Waals surface area contributed by atoms with Crippen molar-refractivity contribution in [3.05, 3.63) is 23.8 Å². The Labute approximate surface area is 123 Å². The molecule has 0 bridgehead atoms. The Morgan fingerprint density at radius 1 is 1.38 bits per heavy atom. The third kappa shape index (κ3) is 5.31. The number of amides is 2. The highest BCUT2D eigenvalue weighted by Crippen LogP contribution is 2.22. The quantitative estimate of drug-likeness (QED) is 0.714. The maximum Gasteiger partial charge on any atom is 0.337 e. The number of hydrogen-bond donors (Lipinski definition) is 3. The molecule has 3 N–H and O–H groups in total. The van der Waals surface area contributed by atoms with Crippen LogP contribution < -0.4 is 15.4 Å². The van der Waals surface area contributed by atoms with Crippen LogP contribution in [0.15, 0.2) is 18.2 Å². The molecule has 0 aliphatic heterocycles. The fourth-order valence-electron chi connectivity index (χ4n) is 1.69. The van der Waals surface area contributed by atoms with Crippen LogP contribution in [-0.2, 0) is 4.74 Å². The van der Waals surface area contributed by atoms with Gasteiger partial charge in [-0.1, -0.05) is 0 Å². The van der Waals surface area contributed by atoms with E-state index < -0.39 is 12.0 Å². The van der Waals surface area contributed by atoms with Crippen LogP contribution in [0.2, 0.25) is 0 Å². The fourth-order valence-corrected chi connectivity index (χ4v) is 1.69. The average molecular weight is 296 g/mol. The van der Waals surface area contributed by atoms with Crippen molar-refractivity contribution < 1.29 is 24.2 Å². The summed E-state index contributed by atoms with van der Waals surface area (Å²) < 4.78 is 10.3. The molecule has 0 aliphatic rings. The molecule has 0 saturated carbocycles. The molecule has 1 atom stereocenters. The summed E-state index contributed by atoms with van der Waals surface area (Å²) in [4.78, 5) is 22.9. The van der Waals surface area contributed by atoms with Gasteiger partial charge in [-0.15, -0.1) is 0 Å². The zero-order chi connectivity index (χ0) is 15.8. The summed E-state index contributed by atoms with van der Waals surface area (Å²) in [5, 5.41) is 14.2. The van der Waals surface area contributed by atoms with E-state index in [0.29, 0.717) is 18.9 Å². The van der Waals surface area contributed by atoms with Crippen molar-refractivity contribution in [2.45, 2.75) is 20.0 Å². The Morgan fingerprint density at radius 2 is 2.10 bits per heavy atom. The van der Waals surface area contributed by atoms with Crippen LogP contribution >= 0.6 is 0 Å². The van der Waals surface area contributed by atoms with E-state index in [1.54, 1.807) is 0 Å². The molecule has 1 rings (SSSR count). The summed E-state index contributed by atoms with van der Waals surface area (Å²) in [7, 11) is 1.46. The van der Waals surface area contributed by atoms with Gasteiger partial charge >= 0.3 is 12.0 Å². The molecule has 0 aromatic heterocycles. The third-order valence-electron chi connectivity index (χ3n) is 2.71. The summed E-state index contributed by atoms with van der Waals surface area (Å²) in [6.07, 6.45) is -0.120. The fraction of sp³-hybridized carbons (Fsp3) is 0.429. The lowest BCUT2D eigenvalue weighted by Crippen LogP contribution is -2.35. The Kier molecular flexibility index (Phi) is 6.48. The molecule has 0 aliphatic carbocycles. The van der Waals surface area contributed by atoms with Crippen LogP contribution in [0.4, 0.5) is 10.5 Å². The van der Waals surface area contributed by atoms with E-state index in [1.165, 1.54) is 25.3 Å². The standard InChI is InChI=1S/C14H20N2O5/c1-4-21-9(2)8-15-14(19)16-12-7-10(20-3)5-6-11(12)13(17)18/h5-7,9H,4,8H2,1-3H3,(H,17,18)(H2,15,16,19). The number of carbonyl (C=O) groups excluding carboxylic acids is 1. The molecule has 0 fully saturated rings. The molecule has 2 amide bonds. The van der Waals surface area contributed by atoms with E-state index in [-0.39, 0.29) is 17.4 Å². The average Bonchev–Trinajstić information content (AvgIpc) is 2.45. The Bertz CT molecular complexity index is 504. The first-order chi connectivity index (χ1) is 9.97. The lowest BCUT2D eigenvalue weighted by Gasteiger charge is -2.14. The normalized spacial score (nSPS) is 11.6. The molecule has 0 spiro atoms. The maximum atomic E-state index is 11.8. The molecule has 0 saturated heterocycles. The van der Waals surface area contributed by atoms with E-state index in [2.05, 4.69) is 10.6 Å². The number of hydrogen-bond acceptors (Lipinski definition) is 4. The summed E-state index contributed by atoms with van der Waals surface area (Å²) in [6, 6.07) is 3.84. The van der Waals surface area contributed by atoms with Gasteiger partial charge in [-0.2, -0.15) is 0 Å². The number of aromatic carboxylic acids is 1. The highest BCUT2D eigenvalue weighted by Gasteiger charge is 2.14. The molecular weight excluding hydrogens is 276 g/mol. The van der Waals surface area contributed by atoms with Gasteiger partial charge in [0.2, 0.25) is 0 Å². The molecule has 7 nitrogen and oxygen atoms in total. The minimum absolute atomic E-state index is 0.0104. The number of carboxylic acid groups (broad SMARTS) is 1. The van der Waals surface area contributed by atoms with E-state index in [1.807, 2.05) is 13.8 Å². The van der Waals surface area contributed by atoms with E-state index in [9.17, 15) is 9.59 Å². The van der Waals surface area contributed by atoms with Crippen molar-refractivity contribution >= 4 is 17.7 Å². The molecule has 1 unspecified atom stereocenters. The van der Waals surface area contributed by atoms with Crippen molar-refractivity contribution in [3.8, 4) is 5.75 Å². The monoisotopic (exact) mass is 296 g/mol. The minimum atomic E-state index is -1.13. The van der Waals surface area contributed by atoms with Crippen LogP contribution in [0.25, 0.3) is 0 Å². The smallest absolute Gasteiger partial charge is 0.337 e. The van der Waals surface area contributed by atoms with Gasteiger partial charge in [0.25, 0.3) is 0 Å². The van der Waals surface area contributed by atoms with Crippen molar-refractivity contribution in [3.63, 3.8) is 0 Å². The van der Waals surface area contributed by atoms with Crippen LogP contribution in [0, 0.1) is 0 Å². The van der Waals surface area contributed by atoms with Gasteiger partial charge in [-0.3, -0.25) is 0 Å². The molecular formula is C14H20N2O5. The molecule has 116 valence electrons. The zero-order valence-corrected chi connectivity index (χ0v) is 12.3. The van der Waals surface area contributed by atoms with Crippen molar-refractivity contribution in [1.82, 2.24) is 5.32 Å². The SMILES string of the molecule is CCOC(C)CNC(=O)Nc1cc(OC)ccc1C(=O)O.